The van der Waals surface area contributed by atoms with E-state index in [4.69, 9.17) is 0 Å². The van der Waals surface area contributed by atoms with Gasteiger partial charge in [-0.05, 0) is 37.1 Å². The molecule has 0 amide bonds. The molecule has 0 aliphatic carbocycles. The molecule has 1 unspecified atom stereocenters. The van der Waals surface area contributed by atoms with Crippen LogP contribution in [-0.2, 0) is 0 Å². The third-order valence-electron chi connectivity index (χ3n) is 4.05. The molecule has 0 spiro atoms. The van der Waals surface area contributed by atoms with E-state index in [0.29, 0.717) is 6.04 Å². The first-order chi connectivity index (χ1) is 9.34. The second-order valence-corrected chi connectivity index (χ2v) is 5.36. The second kappa shape index (κ2) is 5.49. The SMILES string of the molecule is C[NH+]1CCCC[C@@H]1c1ccc(-c2cccnc2)nc1. The summed E-state index contributed by atoms with van der Waals surface area (Å²) in [6.45, 7) is 1.27. The van der Waals surface area contributed by atoms with Crippen molar-refractivity contribution in [3.8, 4) is 11.3 Å². The molecule has 98 valence electrons. The Morgan fingerprint density at radius 3 is 2.79 bits per heavy atom. The maximum Gasteiger partial charge on any atom is 0.114 e. The highest BCUT2D eigenvalue weighted by Gasteiger charge is 2.24. The fourth-order valence-corrected chi connectivity index (χ4v) is 2.92. The van der Waals surface area contributed by atoms with Crippen LogP contribution in [-0.4, -0.2) is 23.6 Å². The highest BCUT2D eigenvalue weighted by Crippen LogP contribution is 2.21. The molecule has 2 aromatic rings. The summed E-state index contributed by atoms with van der Waals surface area (Å²) in [7, 11) is 2.29. The third kappa shape index (κ3) is 2.66. The summed E-state index contributed by atoms with van der Waals surface area (Å²) in [4.78, 5) is 10.4. The minimum absolute atomic E-state index is 0.615. The Kier molecular flexibility index (Phi) is 3.56. The first kappa shape index (κ1) is 12.3. The summed E-state index contributed by atoms with van der Waals surface area (Å²) in [5.41, 5.74) is 3.45. The lowest BCUT2D eigenvalue weighted by atomic mass is 9.97. The van der Waals surface area contributed by atoms with Gasteiger partial charge in [0.2, 0.25) is 0 Å². The van der Waals surface area contributed by atoms with Crippen molar-refractivity contribution in [1.29, 1.82) is 0 Å². The summed E-state index contributed by atoms with van der Waals surface area (Å²) < 4.78 is 0. The van der Waals surface area contributed by atoms with Gasteiger partial charge in [-0.3, -0.25) is 9.97 Å². The zero-order valence-electron chi connectivity index (χ0n) is 11.3. The first-order valence-corrected chi connectivity index (χ1v) is 7.03. The van der Waals surface area contributed by atoms with Gasteiger partial charge >= 0.3 is 0 Å². The number of piperidine rings is 1. The summed E-state index contributed by atoms with van der Waals surface area (Å²) in [6.07, 6.45) is 9.66. The fourth-order valence-electron chi connectivity index (χ4n) is 2.92. The van der Waals surface area contributed by atoms with E-state index in [1.807, 2.05) is 24.5 Å². The maximum atomic E-state index is 4.61. The minimum Gasteiger partial charge on any atom is -0.331 e. The standard InChI is InChI=1S/C16H19N3/c1-19-10-3-2-6-16(19)14-7-8-15(18-12-14)13-5-4-9-17-11-13/h4-5,7-9,11-12,16H,2-3,6,10H2,1H3/p+1/t16-/m1/s1. The van der Waals surface area contributed by atoms with Gasteiger partial charge < -0.3 is 4.90 Å². The van der Waals surface area contributed by atoms with Crippen LogP contribution in [0.5, 0.6) is 0 Å². The van der Waals surface area contributed by atoms with Crippen LogP contribution in [0.1, 0.15) is 30.9 Å². The van der Waals surface area contributed by atoms with E-state index in [1.165, 1.54) is 31.4 Å². The molecule has 3 rings (SSSR count). The van der Waals surface area contributed by atoms with E-state index in [1.54, 1.807) is 11.1 Å². The lowest BCUT2D eigenvalue weighted by Crippen LogP contribution is -3.10. The number of hydrogen-bond donors (Lipinski definition) is 1. The van der Waals surface area contributed by atoms with Crippen LogP contribution >= 0.6 is 0 Å². The maximum absolute atomic E-state index is 4.61. The van der Waals surface area contributed by atoms with Crippen LogP contribution in [0.25, 0.3) is 11.3 Å². The van der Waals surface area contributed by atoms with Crippen molar-refractivity contribution in [3.63, 3.8) is 0 Å². The van der Waals surface area contributed by atoms with Gasteiger partial charge in [0, 0.05) is 36.1 Å². The smallest absolute Gasteiger partial charge is 0.114 e. The summed E-state index contributed by atoms with van der Waals surface area (Å²) in [5, 5.41) is 0. The van der Waals surface area contributed by atoms with Gasteiger partial charge in [0.15, 0.2) is 0 Å². The van der Waals surface area contributed by atoms with Gasteiger partial charge in [0.05, 0.1) is 19.3 Å². The third-order valence-corrected chi connectivity index (χ3v) is 4.05. The topological polar surface area (TPSA) is 30.2 Å². The predicted molar refractivity (Wildman–Crippen MR) is 75.8 cm³/mol. The van der Waals surface area contributed by atoms with Crippen LogP contribution in [0, 0.1) is 0 Å². The number of nitrogens with one attached hydrogen (secondary N) is 1. The number of hydrogen-bond acceptors (Lipinski definition) is 2. The molecule has 1 N–H and O–H groups in total. The largest absolute Gasteiger partial charge is 0.331 e. The van der Waals surface area contributed by atoms with Gasteiger partial charge in [0.25, 0.3) is 0 Å². The van der Waals surface area contributed by atoms with Crippen molar-refractivity contribution in [1.82, 2.24) is 9.97 Å². The number of aromatic nitrogens is 2. The van der Waals surface area contributed by atoms with Crippen molar-refractivity contribution < 1.29 is 4.90 Å². The van der Waals surface area contributed by atoms with Crippen LogP contribution in [0.2, 0.25) is 0 Å². The number of likely N-dealkylation sites (tertiary alicyclic amines) is 1. The quantitative estimate of drug-likeness (QED) is 0.887. The molecule has 1 aliphatic heterocycles. The van der Waals surface area contributed by atoms with E-state index in [9.17, 15) is 0 Å². The van der Waals surface area contributed by atoms with E-state index in [-0.39, 0.29) is 0 Å². The van der Waals surface area contributed by atoms with Crippen molar-refractivity contribution in [3.05, 3.63) is 48.4 Å². The molecule has 2 aromatic heterocycles. The lowest BCUT2D eigenvalue weighted by Gasteiger charge is -2.29. The van der Waals surface area contributed by atoms with Gasteiger partial charge in [-0.2, -0.15) is 0 Å². The molecule has 2 atom stereocenters. The van der Waals surface area contributed by atoms with Crippen LogP contribution in [0.15, 0.2) is 42.9 Å². The van der Waals surface area contributed by atoms with Crippen molar-refractivity contribution in [2.75, 3.05) is 13.6 Å². The molecule has 3 heteroatoms. The van der Waals surface area contributed by atoms with Crippen LogP contribution in [0.4, 0.5) is 0 Å². The molecule has 3 nitrogen and oxygen atoms in total. The summed E-state index contributed by atoms with van der Waals surface area (Å²) in [5.74, 6) is 0. The van der Waals surface area contributed by atoms with Crippen molar-refractivity contribution in [2.24, 2.45) is 0 Å². The lowest BCUT2D eigenvalue weighted by molar-refractivity contribution is -0.917. The number of rotatable bonds is 2. The molecular formula is C16H20N3+. The number of pyridine rings is 2. The van der Waals surface area contributed by atoms with Crippen molar-refractivity contribution >= 4 is 0 Å². The van der Waals surface area contributed by atoms with Gasteiger partial charge in [-0.1, -0.05) is 0 Å². The number of quaternary nitrogens is 1. The first-order valence-electron chi connectivity index (χ1n) is 7.03. The van der Waals surface area contributed by atoms with E-state index in [2.05, 4.69) is 29.1 Å². The Hall–Kier alpha value is -1.74. The van der Waals surface area contributed by atoms with Gasteiger partial charge in [-0.25, -0.2) is 0 Å². The molecule has 1 saturated heterocycles. The molecule has 0 aromatic carbocycles. The Labute approximate surface area is 114 Å². The second-order valence-electron chi connectivity index (χ2n) is 5.36. The number of nitrogens with zero attached hydrogens (tertiary/aromatic N) is 2. The minimum atomic E-state index is 0.615. The molecule has 19 heavy (non-hydrogen) atoms. The van der Waals surface area contributed by atoms with Gasteiger partial charge in [-0.15, -0.1) is 0 Å². The fraction of sp³-hybridized carbons (Fsp3) is 0.375. The van der Waals surface area contributed by atoms with E-state index >= 15 is 0 Å². The van der Waals surface area contributed by atoms with E-state index in [0.717, 1.165) is 11.3 Å². The monoisotopic (exact) mass is 254 g/mol. The van der Waals surface area contributed by atoms with Gasteiger partial charge in [0.1, 0.15) is 6.04 Å². The van der Waals surface area contributed by atoms with Crippen LogP contribution < -0.4 is 4.90 Å². The highest BCUT2D eigenvalue weighted by atomic mass is 15.1. The summed E-state index contributed by atoms with van der Waals surface area (Å²) in [6, 6.07) is 8.96. The Morgan fingerprint density at radius 2 is 2.11 bits per heavy atom. The predicted octanol–water partition coefficient (Wildman–Crippen LogP) is 1.88. The molecule has 0 saturated carbocycles. The summed E-state index contributed by atoms with van der Waals surface area (Å²) >= 11 is 0. The Balaban J connectivity index is 1.83. The normalized spacial score (nSPS) is 23.2. The Morgan fingerprint density at radius 1 is 1.16 bits per heavy atom. The average molecular weight is 254 g/mol. The highest BCUT2D eigenvalue weighted by molar-refractivity contribution is 5.57. The Bertz CT molecular complexity index is 521. The molecule has 3 heterocycles. The molecule has 1 fully saturated rings. The molecule has 0 bridgehead atoms. The zero-order chi connectivity index (χ0) is 13.1. The van der Waals surface area contributed by atoms with E-state index < -0.39 is 0 Å². The zero-order valence-corrected chi connectivity index (χ0v) is 11.3. The molecule has 0 radical (unpaired) electrons. The molecule has 1 aliphatic rings. The van der Waals surface area contributed by atoms with Crippen molar-refractivity contribution in [2.45, 2.75) is 25.3 Å². The average Bonchev–Trinajstić information content (AvgIpc) is 2.49. The molecular weight excluding hydrogens is 234 g/mol. The van der Waals surface area contributed by atoms with Crippen LogP contribution in [0.3, 0.4) is 0 Å².